The van der Waals surface area contributed by atoms with Gasteiger partial charge < -0.3 is 0 Å². The minimum atomic E-state index is 0.706. The first-order valence-electron chi connectivity index (χ1n) is 17.3. The van der Waals surface area contributed by atoms with Crippen molar-refractivity contribution in [2.45, 2.75) is 26.2 Å². The highest BCUT2D eigenvalue weighted by molar-refractivity contribution is 5.90. The fourth-order valence-corrected chi connectivity index (χ4v) is 6.98. The van der Waals surface area contributed by atoms with Crippen LogP contribution in [-0.4, -0.2) is 15.0 Å². The van der Waals surface area contributed by atoms with Crippen LogP contribution in [0.25, 0.3) is 72.9 Å². The summed E-state index contributed by atoms with van der Waals surface area (Å²) in [6.07, 6.45) is 13.2. The Morgan fingerprint density at radius 3 is 2.20 bits per heavy atom. The summed E-state index contributed by atoms with van der Waals surface area (Å²) in [6.45, 7) is 6.37. The summed E-state index contributed by atoms with van der Waals surface area (Å²) in [7, 11) is 0. The van der Waals surface area contributed by atoms with Crippen molar-refractivity contribution in [2.75, 3.05) is 0 Å². The van der Waals surface area contributed by atoms with Gasteiger partial charge in [-0.3, -0.25) is 4.98 Å². The minimum absolute atomic E-state index is 0.706. The summed E-state index contributed by atoms with van der Waals surface area (Å²) >= 11 is 0. The number of nitrogens with zero attached hydrogens (tertiary/aromatic N) is 3. The molecule has 1 aliphatic carbocycles. The zero-order valence-electron chi connectivity index (χ0n) is 28.2. The fourth-order valence-electron chi connectivity index (χ4n) is 6.98. The van der Waals surface area contributed by atoms with Crippen molar-refractivity contribution in [3.8, 4) is 44.9 Å². The van der Waals surface area contributed by atoms with Crippen LogP contribution in [0.4, 0.5) is 0 Å². The fraction of sp³-hybridized carbons (Fsp3) is 0.0851. The summed E-state index contributed by atoms with van der Waals surface area (Å²) in [5.41, 5.74) is 14.6. The van der Waals surface area contributed by atoms with Gasteiger partial charge in [-0.05, 0) is 110 Å². The first kappa shape index (κ1) is 31.1. The lowest BCUT2D eigenvalue weighted by molar-refractivity contribution is 1.05. The molecule has 0 bridgehead atoms. The van der Waals surface area contributed by atoms with Gasteiger partial charge in [0.1, 0.15) is 0 Å². The number of pyridine rings is 1. The second kappa shape index (κ2) is 13.7. The number of rotatable bonds is 8. The third kappa shape index (κ3) is 6.22. The van der Waals surface area contributed by atoms with Crippen LogP contribution in [0.15, 0.2) is 159 Å². The van der Waals surface area contributed by atoms with Gasteiger partial charge in [-0.1, -0.05) is 129 Å². The lowest BCUT2D eigenvalue weighted by atomic mass is 9.87. The molecular formula is C47H37N3. The van der Waals surface area contributed by atoms with E-state index in [1.807, 2.05) is 18.3 Å². The summed E-state index contributed by atoms with van der Waals surface area (Å²) in [5, 5.41) is 2.46. The molecule has 0 aliphatic heterocycles. The molecule has 0 radical (unpaired) electrons. The van der Waals surface area contributed by atoms with Crippen LogP contribution >= 0.6 is 0 Å². The number of benzene rings is 5. The molecule has 0 unspecified atom stereocenters. The zero-order valence-corrected chi connectivity index (χ0v) is 28.2. The second-order valence-corrected chi connectivity index (χ2v) is 12.7. The third-order valence-electron chi connectivity index (χ3n) is 9.64. The van der Waals surface area contributed by atoms with Crippen molar-refractivity contribution < 1.29 is 0 Å². The molecule has 8 rings (SSSR count). The Balaban J connectivity index is 1.23. The lowest BCUT2D eigenvalue weighted by Crippen LogP contribution is -2.01. The van der Waals surface area contributed by atoms with Gasteiger partial charge in [-0.15, -0.1) is 0 Å². The molecule has 3 heteroatoms. The molecule has 1 aliphatic rings. The number of allylic oxidation sites excluding steroid dienone is 4. The predicted molar refractivity (Wildman–Crippen MR) is 210 cm³/mol. The Labute approximate surface area is 294 Å². The van der Waals surface area contributed by atoms with Crippen LogP contribution in [0, 0.1) is 0 Å². The number of aromatic nitrogens is 3. The maximum Gasteiger partial charge on any atom is 0.160 e. The highest BCUT2D eigenvalue weighted by Crippen LogP contribution is 2.36. The molecule has 3 nitrogen and oxygen atoms in total. The molecule has 50 heavy (non-hydrogen) atoms. The van der Waals surface area contributed by atoms with Crippen LogP contribution in [0.3, 0.4) is 0 Å². The first-order valence-corrected chi connectivity index (χ1v) is 17.3. The average molecular weight is 644 g/mol. The highest BCUT2D eigenvalue weighted by Gasteiger charge is 2.17. The number of fused-ring (bicyclic) bond motifs is 1. The number of hydrogen-bond acceptors (Lipinski definition) is 3. The third-order valence-corrected chi connectivity index (χ3v) is 9.64. The van der Waals surface area contributed by atoms with Gasteiger partial charge in [0, 0.05) is 23.5 Å². The smallest absolute Gasteiger partial charge is 0.160 e. The molecule has 2 aromatic heterocycles. The maximum absolute atomic E-state index is 5.25. The van der Waals surface area contributed by atoms with E-state index in [-0.39, 0.29) is 0 Å². The normalized spacial score (nSPS) is 12.7. The monoisotopic (exact) mass is 643 g/mol. The molecule has 5 aromatic carbocycles. The topological polar surface area (TPSA) is 38.7 Å². The molecule has 2 heterocycles. The van der Waals surface area contributed by atoms with E-state index >= 15 is 0 Å². The van der Waals surface area contributed by atoms with Gasteiger partial charge in [0.25, 0.3) is 0 Å². The Morgan fingerprint density at radius 1 is 0.640 bits per heavy atom. The van der Waals surface area contributed by atoms with Crippen LogP contribution in [-0.2, 0) is 6.42 Å². The zero-order chi connectivity index (χ0) is 33.9. The Morgan fingerprint density at radius 2 is 1.38 bits per heavy atom. The van der Waals surface area contributed by atoms with Crippen molar-refractivity contribution in [3.05, 3.63) is 181 Å². The molecule has 0 atom stereocenters. The largest absolute Gasteiger partial charge is 0.264 e. The molecule has 0 N–H and O–H groups in total. The second-order valence-electron chi connectivity index (χ2n) is 12.7. The van der Waals surface area contributed by atoms with E-state index in [0.717, 1.165) is 64.0 Å². The molecule has 0 saturated carbocycles. The standard InChI is InChI=1S/C47H37N3/c1-3-32-13-9-19-44(43(32)4-2)39-15-8-16-40(29-39)46-30-45(35-23-20-34(21-24-35)42-18-10-26-48-31-42)49-47(50-46)41-17-7-14-37(28-41)38-25-22-33-11-5-6-12-36(33)27-38/h4-7,9-14,16-31H,2-3,8,15H2,1H3. The van der Waals surface area contributed by atoms with E-state index < -0.39 is 0 Å². The van der Waals surface area contributed by atoms with Crippen molar-refractivity contribution in [2.24, 2.45) is 0 Å². The molecule has 0 amide bonds. The van der Waals surface area contributed by atoms with E-state index in [0.29, 0.717) is 5.82 Å². The Bertz CT molecular complexity index is 2420. The van der Waals surface area contributed by atoms with Crippen molar-refractivity contribution in [1.82, 2.24) is 15.0 Å². The van der Waals surface area contributed by atoms with E-state index in [1.54, 1.807) is 6.20 Å². The molecule has 240 valence electrons. The molecule has 0 saturated heterocycles. The Hall–Kier alpha value is -6.19. The molecule has 7 aromatic rings. The van der Waals surface area contributed by atoms with E-state index in [2.05, 4.69) is 152 Å². The van der Waals surface area contributed by atoms with E-state index in [1.165, 1.54) is 38.6 Å². The number of aryl methyl sites for hydroxylation is 1. The average Bonchev–Trinajstić information content (AvgIpc) is 3.20. The van der Waals surface area contributed by atoms with Crippen LogP contribution in [0.5, 0.6) is 0 Å². The maximum atomic E-state index is 5.25. The highest BCUT2D eigenvalue weighted by atomic mass is 14.9. The van der Waals surface area contributed by atoms with Crippen LogP contribution in [0.2, 0.25) is 0 Å². The molecule has 0 fully saturated rings. The summed E-state index contributed by atoms with van der Waals surface area (Å²) in [4.78, 5) is 14.8. The minimum Gasteiger partial charge on any atom is -0.264 e. The summed E-state index contributed by atoms with van der Waals surface area (Å²) in [5.74, 6) is 0.706. The van der Waals surface area contributed by atoms with Crippen molar-refractivity contribution in [3.63, 3.8) is 0 Å². The quantitative estimate of drug-likeness (QED) is 0.165. The van der Waals surface area contributed by atoms with Gasteiger partial charge >= 0.3 is 0 Å². The molecule has 0 spiro atoms. The van der Waals surface area contributed by atoms with Crippen LogP contribution in [0.1, 0.15) is 42.1 Å². The van der Waals surface area contributed by atoms with Crippen molar-refractivity contribution in [1.29, 1.82) is 0 Å². The first-order chi connectivity index (χ1) is 24.7. The van der Waals surface area contributed by atoms with Gasteiger partial charge in [0.2, 0.25) is 0 Å². The van der Waals surface area contributed by atoms with E-state index in [4.69, 9.17) is 9.97 Å². The number of hydrogen-bond donors (Lipinski definition) is 0. The predicted octanol–water partition coefficient (Wildman–Crippen LogP) is 12.2. The lowest BCUT2D eigenvalue weighted by Gasteiger charge is -2.18. The van der Waals surface area contributed by atoms with Crippen molar-refractivity contribution >= 4 is 28.0 Å². The van der Waals surface area contributed by atoms with Gasteiger partial charge in [-0.2, -0.15) is 0 Å². The van der Waals surface area contributed by atoms with Gasteiger partial charge in [-0.25, -0.2) is 9.97 Å². The van der Waals surface area contributed by atoms with E-state index in [9.17, 15) is 0 Å². The van der Waals surface area contributed by atoms with Gasteiger partial charge in [0.15, 0.2) is 5.82 Å². The summed E-state index contributed by atoms with van der Waals surface area (Å²) < 4.78 is 0. The van der Waals surface area contributed by atoms with Gasteiger partial charge in [0.05, 0.1) is 11.4 Å². The Kier molecular flexibility index (Phi) is 8.54. The summed E-state index contributed by atoms with van der Waals surface area (Å²) in [6, 6.07) is 45.1. The molecular weight excluding hydrogens is 607 g/mol. The SMILES string of the molecule is C=Cc1c(CC)cccc1C1=CC(c2cc(-c3ccc(-c4cccnc4)cc3)nc(-c3cccc(-c4ccc5ccccc5c4)c3)n2)=CCC1. The van der Waals surface area contributed by atoms with Crippen LogP contribution < -0.4 is 0 Å².